The first kappa shape index (κ1) is 11.4. The summed E-state index contributed by atoms with van der Waals surface area (Å²) in [5.74, 6) is 0.377. The highest BCUT2D eigenvalue weighted by molar-refractivity contribution is 5.79. The molecule has 1 aromatic heterocycles. The van der Waals surface area contributed by atoms with E-state index in [-0.39, 0.29) is 0 Å². The van der Waals surface area contributed by atoms with Crippen LogP contribution in [-0.2, 0) is 5.60 Å². The minimum absolute atomic E-state index is 0.377. The number of pyridine rings is 1. The number of benzene rings is 1. The maximum atomic E-state index is 11.1. The van der Waals surface area contributed by atoms with Gasteiger partial charge in [-0.05, 0) is 37.1 Å². The average Bonchev–Trinajstić information content (AvgIpc) is 2.88. The SMILES string of the molecule is OC1(c2ccc3cccnc3c2)CCN2CCC1C2. The molecular weight excluding hydrogens is 236 g/mol. The van der Waals surface area contributed by atoms with E-state index in [9.17, 15) is 5.11 Å². The van der Waals surface area contributed by atoms with E-state index in [2.05, 4.69) is 34.1 Å². The van der Waals surface area contributed by atoms with Crippen molar-refractivity contribution < 1.29 is 5.11 Å². The van der Waals surface area contributed by atoms with Crippen LogP contribution in [0.3, 0.4) is 0 Å². The molecule has 3 unspecified atom stereocenters. The van der Waals surface area contributed by atoms with Gasteiger partial charge in [0, 0.05) is 30.6 Å². The van der Waals surface area contributed by atoms with Crippen LogP contribution in [0.15, 0.2) is 36.5 Å². The minimum Gasteiger partial charge on any atom is -0.385 e. The highest BCUT2D eigenvalue weighted by Gasteiger charge is 2.45. The molecular formula is C16H18N2O. The zero-order chi connectivity index (χ0) is 12.9. The van der Waals surface area contributed by atoms with Crippen LogP contribution >= 0.6 is 0 Å². The predicted octanol–water partition coefficient (Wildman–Crippen LogP) is 2.15. The van der Waals surface area contributed by atoms with Crippen LogP contribution in [0, 0.1) is 5.92 Å². The standard InChI is InChI=1S/C16H18N2O/c19-16(6-9-18-8-5-14(16)11-18)13-4-3-12-2-1-7-17-15(12)10-13/h1-4,7,10,14,19H,5-6,8-9,11H2. The lowest BCUT2D eigenvalue weighted by Gasteiger charge is -2.39. The van der Waals surface area contributed by atoms with Gasteiger partial charge in [0.05, 0.1) is 11.1 Å². The van der Waals surface area contributed by atoms with E-state index in [0.717, 1.165) is 48.9 Å². The van der Waals surface area contributed by atoms with Gasteiger partial charge in [0.25, 0.3) is 0 Å². The Morgan fingerprint density at radius 1 is 1.26 bits per heavy atom. The van der Waals surface area contributed by atoms with Crippen molar-refractivity contribution in [2.75, 3.05) is 19.6 Å². The fourth-order valence-electron chi connectivity index (χ4n) is 3.67. The molecule has 2 saturated heterocycles. The molecule has 3 heterocycles. The zero-order valence-electron chi connectivity index (χ0n) is 10.9. The summed E-state index contributed by atoms with van der Waals surface area (Å²) in [7, 11) is 0. The van der Waals surface area contributed by atoms with E-state index in [0.29, 0.717) is 5.92 Å². The summed E-state index contributed by atoms with van der Waals surface area (Å²) in [4.78, 5) is 6.86. The van der Waals surface area contributed by atoms with Gasteiger partial charge in [0.15, 0.2) is 0 Å². The topological polar surface area (TPSA) is 36.4 Å². The smallest absolute Gasteiger partial charge is 0.0950 e. The first-order valence-corrected chi connectivity index (χ1v) is 7.06. The Hall–Kier alpha value is -1.45. The Bertz CT molecular complexity index is 627. The van der Waals surface area contributed by atoms with Crippen molar-refractivity contribution in [3.05, 3.63) is 42.1 Å². The lowest BCUT2D eigenvalue weighted by atomic mass is 9.77. The zero-order valence-corrected chi connectivity index (χ0v) is 10.9. The number of rotatable bonds is 1. The average molecular weight is 254 g/mol. The molecule has 19 heavy (non-hydrogen) atoms. The third-order valence-electron chi connectivity index (χ3n) is 4.86. The Kier molecular flexibility index (Phi) is 2.41. The van der Waals surface area contributed by atoms with Gasteiger partial charge in [-0.1, -0.05) is 18.2 Å². The monoisotopic (exact) mass is 254 g/mol. The molecule has 3 atom stereocenters. The Morgan fingerprint density at radius 3 is 3.16 bits per heavy atom. The van der Waals surface area contributed by atoms with E-state index < -0.39 is 5.60 Å². The molecule has 2 aliphatic heterocycles. The molecule has 2 fully saturated rings. The number of piperidine rings is 1. The predicted molar refractivity (Wildman–Crippen MR) is 74.8 cm³/mol. The molecule has 3 nitrogen and oxygen atoms in total. The number of fused-ring (bicyclic) bond motifs is 3. The van der Waals surface area contributed by atoms with Crippen molar-refractivity contribution in [1.82, 2.24) is 9.88 Å². The van der Waals surface area contributed by atoms with E-state index >= 15 is 0 Å². The third-order valence-corrected chi connectivity index (χ3v) is 4.86. The molecule has 3 heteroatoms. The van der Waals surface area contributed by atoms with Crippen molar-refractivity contribution in [3.63, 3.8) is 0 Å². The molecule has 1 aromatic carbocycles. The largest absolute Gasteiger partial charge is 0.385 e. The first-order chi connectivity index (χ1) is 9.25. The molecule has 2 bridgehead atoms. The van der Waals surface area contributed by atoms with Crippen molar-refractivity contribution in [2.45, 2.75) is 18.4 Å². The Morgan fingerprint density at radius 2 is 2.21 bits per heavy atom. The molecule has 2 aliphatic rings. The summed E-state index contributed by atoms with van der Waals surface area (Å²) >= 11 is 0. The van der Waals surface area contributed by atoms with Gasteiger partial charge in [0.1, 0.15) is 0 Å². The first-order valence-electron chi connectivity index (χ1n) is 7.06. The molecule has 0 aliphatic carbocycles. The second-order valence-corrected chi connectivity index (χ2v) is 5.87. The molecule has 4 rings (SSSR count). The summed E-state index contributed by atoms with van der Waals surface area (Å²) < 4.78 is 0. The summed E-state index contributed by atoms with van der Waals surface area (Å²) in [5, 5.41) is 12.3. The van der Waals surface area contributed by atoms with Gasteiger partial charge in [-0.25, -0.2) is 0 Å². The summed E-state index contributed by atoms with van der Waals surface area (Å²) in [6.45, 7) is 3.18. The van der Waals surface area contributed by atoms with Crippen LogP contribution in [0.2, 0.25) is 0 Å². The van der Waals surface area contributed by atoms with Crippen LogP contribution in [0.4, 0.5) is 0 Å². The summed E-state index contributed by atoms with van der Waals surface area (Å²) in [6, 6.07) is 10.2. The van der Waals surface area contributed by atoms with Crippen LogP contribution < -0.4 is 0 Å². The Balaban J connectivity index is 1.80. The number of hydrogen-bond acceptors (Lipinski definition) is 3. The highest BCUT2D eigenvalue weighted by Crippen LogP contribution is 2.43. The lowest BCUT2D eigenvalue weighted by Crippen LogP contribution is -2.44. The molecule has 98 valence electrons. The van der Waals surface area contributed by atoms with Crippen LogP contribution in [0.1, 0.15) is 18.4 Å². The van der Waals surface area contributed by atoms with E-state index in [4.69, 9.17) is 0 Å². The molecule has 0 saturated carbocycles. The number of aromatic nitrogens is 1. The van der Waals surface area contributed by atoms with Gasteiger partial charge >= 0.3 is 0 Å². The van der Waals surface area contributed by atoms with Gasteiger partial charge < -0.3 is 10.0 Å². The number of aliphatic hydroxyl groups is 1. The summed E-state index contributed by atoms with van der Waals surface area (Å²) in [5.41, 5.74) is 1.37. The maximum absolute atomic E-state index is 11.1. The van der Waals surface area contributed by atoms with Crippen LogP contribution in [0.5, 0.6) is 0 Å². The third kappa shape index (κ3) is 1.69. The molecule has 0 spiro atoms. The quantitative estimate of drug-likeness (QED) is 0.847. The van der Waals surface area contributed by atoms with Crippen LogP contribution in [-0.4, -0.2) is 34.6 Å². The minimum atomic E-state index is -0.654. The van der Waals surface area contributed by atoms with Crippen molar-refractivity contribution in [1.29, 1.82) is 0 Å². The second kappa shape index (κ2) is 4.02. The van der Waals surface area contributed by atoms with Crippen molar-refractivity contribution in [3.8, 4) is 0 Å². The molecule has 2 aromatic rings. The fraction of sp³-hybridized carbons (Fsp3) is 0.438. The highest BCUT2D eigenvalue weighted by atomic mass is 16.3. The van der Waals surface area contributed by atoms with E-state index in [1.807, 2.05) is 12.3 Å². The number of hydrogen-bond donors (Lipinski definition) is 1. The van der Waals surface area contributed by atoms with Crippen LogP contribution in [0.25, 0.3) is 10.9 Å². The molecule has 0 radical (unpaired) electrons. The summed E-state index contributed by atoms with van der Waals surface area (Å²) in [6.07, 6.45) is 3.76. The van der Waals surface area contributed by atoms with Gasteiger partial charge in [-0.3, -0.25) is 4.98 Å². The lowest BCUT2D eigenvalue weighted by molar-refractivity contribution is -0.0501. The van der Waals surface area contributed by atoms with Crippen molar-refractivity contribution in [2.24, 2.45) is 5.92 Å². The van der Waals surface area contributed by atoms with E-state index in [1.54, 1.807) is 0 Å². The second-order valence-electron chi connectivity index (χ2n) is 5.87. The fourth-order valence-corrected chi connectivity index (χ4v) is 3.67. The van der Waals surface area contributed by atoms with Gasteiger partial charge in [0.2, 0.25) is 0 Å². The number of nitrogens with zero attached hydrogens (tertiary/aromatic N) is 2. The normalized spacial score (nSPS) is 33.7. The maximum Gasteiger partial charge on any atom is 0.0950 e. The molecule has 1 N–H and O–H groups in total. The van der Waals surface area contributed by atoms with Gasteiger partial charge in [-0.15, -0.1) is 0 Å². The van der Waals surface area contributed by atoms with Gasteiger partial charge in [-0.2, -0.15) is 0 Å². The Labute approximate surface area is 112 Å². The molecule has 0 amide bonds. The van der Waals surface area contributed by atoms with E-state index in [1.165, 1.54) is 0 Å². The van der Waals surface area contributed by atoms with Crippen molar-refractivity contribution >= 4 is 10.9 Å².